The normalized spacial score (nSPS) is 20.9. The number of furan rings is 1. The summed E-state index contributed by atoms with van der Waals surface area (Å²) in [4.78, 5) is 14.2. The summed E-state index contributed by atoms with van der Waals surface area (Å²) in [7, 11) is -2.38. The predicted molar refractivity (Wildman–Crippen MR) is 191 cm³/mol. The summed E-state index contributed by atoms with van der Waals surface area (Å²) in [6.07, 6.45) is 11.3. The molecule has 0 N–H and O–H groups in total. The minimum atomic E-state index is -2.10. The molecular formula is C38H60O5Si2. The first-order valence-corrected chi connectivity index (χ1v) is 23.1. The largest absolute Gasteiger partial charge is 0.497 e. The van der Waals surface area contributed by atoms with E-state index in [4.69, 9.17) is 18.3 Å². The van der Waals surface area contributed by atoms with Gasteiger partial charge < -0.3 is 18.3 Å². The molecular weight excluding hydrogens is 593 g/mol. The van der Waals surface area contributed by atoms with Crippen molar-refractivity contribution in [2.45, 2.75) is 141 Å². The Morgan fingerprint density at radius 1 is 0.889 bits per heavy atom. The van der Waals surface area contributed by atoms with Gasteiger partial charge in [-0.3, -0.25) is 4.79 Å². The van der Waals surface area contributed by atoms with E-state index >= 15 is 0 Å². The van der Waals surface area contributed by atoms with Gasteiger partial charge in [-0.25, -0.2) is 0 Å². The van der Waals surface area contributed by atoms with Gasteiger partial charge in [0, 0.05) is 24.5 Å². The number of unbranched alkanes of at least 4 members (excludes halogenated alkanes) is 3. The van der Waals surface area contributed by atoms with Crippen molar-refractivity contribution in [1.82, 2.24) is 0 Å². The SMILES string of the molecule is COc1ccc(COCCCCCCC2=C[C@@H]3C(=O)[C@H](C2)[C@H](O[Si](C)(C)C(C)(C)C)Cc2c3coc2[Si](C)(C)C(C)(C)C)cc1. The second-order valence-corrected chi connectivity index (χ2v) is 26.5. The van der Waals surface area contributed by atoms with Crippen molar-refractivity contribution in [2.75, 3.05) is 13.7 Å². The van der Waals surface area contributed by atoms with Crippen LogP contribution in [0, 0.1) is 5.92 Å². The van der Waals surface area contributed by atoms with Gasteiger partial charge >= 0.3 is 0 Å². The smallest absolute Gasteiger partial charge is 0.192 e. The molecule has 0 aliphatic heterocycles. The van der Waals surface area contributed by atoms with E-state index in [1.54, 1.807) is 7.11 Å². The van der Waals surface area contributed by atoms with Gasteiger partial charge in [-0.2, -0.15) is 0 Å². The maximum absolute atomic E-state index is 14.2. The fraction of sp³-hybridized carbons (Fsp3) is 0.658. The molecule has 0 spiro atoms. The minimum absolute atomic E-state index is 0.0783. The lowest BCUT2D eigenvalue weighted by atomic mass is 9.77. The number of ketones is 1. The number of carbonyl (C=O) groups is 1. The van der Waals surface area contributed by atoms with E-state index in [9.17, 15) is 4.79 Å². The highest BCUT2D eigenvalue weighted by Gasteiger charge is 2.50. The molecule has 7 heteroatoms. The fourth-order valence-corrected chi connectivity index (χ4v) is 9.71. The van der Waals surface area contributed by atoms with Crippen molar-refractivity contribution < 1.29 is 23.1 Å². The van der Waals surface area contributed by atoms with Crippen LogP contribution < -0.4 is 10.1 Å². The monoisotopic (exact) mass is 652 g/mol. The highest BCUT2D eigenvalue weighted by atomic mass is 28.4. The molecule has 3 atom stereocenters. The number of benzene rings is 1. The highest BCUT2D eigenvalue weighted by molar-refractivity contribution is 6.91. The average Bonchev–Trinajstić information content (AvgIpc) is 3.35. The molecule has 0 amide bonds. The summed E-state index contributed by atoms with van der Waals surface area (Å²) < 4.78 is 24.8. The summed E-state index contributed by atoms with van der Waals surface area (Å²) in [6, 6.07) is 8.07. The lowest BCUT2D eigenvalue weighted by Gasteiger charge is -2.42. The van der Waals surface area contributed by atoms with E-state index < -0.39 is 16.4 Å². The van der Waals surface area contributed by atoms with Crippen LogP contribution in [0.1, 0.15) is 103 Å². The molecule has 2 aromatic rings. The quantitative estimate of drug-likeness (QED) is 0.123. The van der Waals surface area contributed by atoms with Crippen molar-refractivity contribution in [3.05, 3.63) is 58.9 Å². The Hall–Kier alpha value is -1.94. The third-order valence-electron chi connectivity index (χ3n) is 11.3. The Kier molecular flexibility index (Phi) is 11.2. The number of ether oxygens (including phenoxy) is 2. The fourth-order valence-electron chi connectivity index (χ4n) is 6.32. The molecule has 1 aromatic carbocycles. The lowest BCUT2D eigenvalue weighted by molar-refractivity contribution is -0.126. The van der Waals surface area contributed by atoms with Gasteiger partial charge in [-0.15, -0.1) is 0 Å². The van der Waals surface area contributed by atoms with Crippen LogP contribution in [0.4, 0.5) is 0 Å². The van der Waals surface area contributed by atoms with Gasteiger partial charge in [0.1, 0.15) is 19.6 Å². The van der Waals surface area contributed by atoms with E-state index in [1.807, 2.05) is 18.4 Å². The molecule has 1 aromatic heterocycles. The van der Waals surface area contributed by atoms with Crippen LogP contribution in [0.15, 0.2) is 46.6 Å². The van der Waals surface area contributed by atoms with E-state index in [2.05, 4.69) is 85.9 Å². The van der Waals surface area contributed by atoms with Gasteiger partial charge in [0.05, 0.1) is 37.4 Å². The summed E-state index contributed by atoms with van der Waals surface area (Å²) in [5.41, 5.74) is 4.98. The molecule has 2 aliphatic carbocycles. The molecule has 2 bridgehead atoms. The Morgan fingerprint density at radius 2 is 1.56 bits per heavy atom. The van der Waals surface area contributed by atoms with E-state index in [1.165, 1.54) is 28.5 Å². The molecule has 0 unspecified atom stereocenters. The number of methoxy groups -OCH3 is 1. The molecule has 250 valence electrons. The first kappa shape index (κ1) is 35.9. The van der Waals surface area contributed by atoms with Crippen molar-refractivity contribution in [3.8, 4) is 5.75 Å². The third-order valence-corrected chi connectivity index (χ3v) is 21.1. The highest BCUT2D eigenvalue weighted by Crippen LogP contribution is 2.46. The number of rotatable bonds is 13. The average molecular weight is 653 g/mol. The van der Waals surface area contributed by atoms with E-state index in [0.717, 1.165) is 56.4 Å². The zero-order valence-electron chi connectivity index (χ0n) is 30.1. The molecule has 0 saturated carbocycles. The molecule has 1 heterocycles. The van der Waals surface area contributed by atoms with Crippen LogP contribution in [0.2, 0.25) is 36.3 Å². The summed E-state index contributed by atoms with van der Waals surface area (Å²) in [6.45, 7) is 24.8. The maximum Gasteiger partial charge on any atom is 0.192 e. The number of hydrogen-bond donors (Lipinski definition) is 0. The standard InChI is InChI=1S/C38H60O5Si2/c1-37(2,3)44(8,9)36-31-24-34(43-45(10,11)38(4,5)6)32-23-28(22-30(35(32)39)33(31)26-42-36)16-14-12-13-15-21-41-25-27-17-19-29(40-7)20-18-27/h17-20,22,26,30,32,34H,12-16,21,23-25H2,1-11H3/t30-,32+,34+/m0/s1. The Labute approximate surface area is 275 Å². The second kappa shape index (κ2) is 14.0. The summed E-state index contributed by atoms with van der Waals surface area (Å²) in [5.74, 6) is 0.901. The number of fused-ring (bicyclic) bond motifs is 4. The zero-order valence-corrected chi connectivity index (χ0v) is 32.1. The van der Waals surface area contributed by atoms with Gasteiger partial charge in [-0.05, 0) is 72.1 Å². The van der Waals surface area contributed by atoms with Crippen LogP contribution in [-0.2, 0) is 27.0 Å². The van der Waals surface area contributed by atoms with Crippen molar-refractivity contribution in [3.63, 3.8) is 0 Å². The first-order chi connectivity index (χ1) is 21.0. The van der Waals surface area contributed by atoms with Gasteiger partial charge in [0.15, 0.2) is 8.32 Å². The van der Waals surface area contributed by atoms with Crippen molar-refractivity contribution >= 4 is 27.6 Å². The maximum atomic E-state index is 14.2. The van der Waals surface area contributed by atoms with Crippen LogP contribution >= 0.6 is 0 Å². The van der Waals surface area contributed by atoms with Crippen molar-refractivity contribution in [1.29, 1.82) is 0 Å². The van der Waals surface area contributed by atoms with E-state index in [0.29, 0.717) is 12.4 Å². The Morgan fingerprint density at radius 3 is 2.18 bits per heavy atom. The van der Waals surface area contributed by atoms with Crippen LogP contribution in [0.3, 0.4) is 0 Å². The lowest BCUT2D eigenvalue weighted by Crippen LogP contribution is -2.51. The number of carbonyl (C=O) groups excluding carboxylic acids is 1. The van der Waals surface area contributed by atoms with Gasteiger partial charge in [-0.1, -0.05) is 91.3 Å². The molecule has 5 nitrogen and oxygen atoms in total. The predicted octanol–water partition coefficient (Wildman–Crippen LogP) is 9.72. The number of hydrogen-bond acceptors (Lipinski definition) is 5. The Bertz CT molecular complexity index is 1320. The van der Waals surface area contributed by atoms with Crippen LogP contribution in [0.5, 0.6) is 5.75 Å². The zero-order chi connectivity index (χ0) is 33.2. The van der Waals surface area contributed by atoms with E-state index in [-0.39, 0.29) is 28.0 Å². The van der Waals surface area contributed by atoms with Crippen LogP contribution in [-0.4, -0.2) is 42.0 Å². The number of allylic oxidation sites excluding steroid dienone is 2. The van der Waals surface area contributed by atoms with Gasteiger partial charge in [0.2, 0.25) is 0 Å². The molecule has 2 aliphatic rings. The topological polar surface area (TPSA) is 57.9 Å². The van der Waals surface area contributed by atoms with Crippen LogP contribution in [0.25, 0.3) is 0 Å². The summed E-state index contributed by atoms with van der Waals surface area (Å²) >= 11 is 0. The van der Waals surface area contributed by atoms with Gasteiger partial charge in [0.25, 0.3) is 0 Å². The molecule has 0 fully saturated rings. The number of Topliss-reactive ketones (excluding diaryl/α,β-unsaturated/α-hetero) is 1. The Balaban J connectivity index is 1.44. The first-order valence-electron chi connectivity index (χ1n) is 17.2. The third kappa shape index (κ3) is 8.14. The van der Waals surface area contributed by atoms with Crippen molar-refractivity contribution in [2.24, 2.45) is 5.92 Å². The molecule has 45 heavy (non-hydrogen) atoms. The molecule has 0 saturated heterocycles. The molecule has 4 rings (SSSR count). The second-order valence-electron chi connectivity index (χ2n) is 16.6. The molecule has 0 radical (unpaired) electrons. The summed E-state index contributed by atoms with van der Waals surface area (Å²) in [5, 5.41) is 1.38. The minimum Gasteiger partial charge on any atom is -0.497 e.